The Balaban J connectivity index is 2.32. The fraction of sp³-hybridized carbons (Fsp3) is 0.455. The van der Waals surface area contributed by atoms with Crippen LogP contribution >= 0.6 is 11.6 Å². The molecule has 0 aliphatic heterocycles. The van der Waals surface area contributed by atoms with Crippen molar-refractivity contribution in [2.24, 2.45) is 5.92 Å². The highest BCUT2D eigenvalue weighted by molar-refractivity contribution is 6.28. The van der Waals surface area contributed by atoms with Crippen molar-refractivity contribution in [1.29, 1.82) is 0 Å². The molecule has 2 aromatic rings. The van der Waals surface area contributed by atoms with Crippen LogP contribution in [0.3, 0.4) is 0 Å². The number of imidazole rings is 1. The van der Waals surface area contributed by atoms with Gasteiger partial charge in [0.1, 0.15) is 11.6 Å². The molecule has 0 spiro atoms. The van der Waals surface area contributed by atoms with Gasteiger partial charge in [-0.2, -0.15) is 9.97 Å². The molecule has 0 saturated carbocycles. The van der Waals surface area contributed by atoms with Crippen molar-refractivity contribution in [3.8, 4) is 0 Å². The summed E-state index contributed by atoms with van der Waals surface area (Å²) in [4.78, 5) is 26.0. The molecule has 2 heterocycles. The Hall–Kier alpha value is -1.89. The van der Waals surface area contributed by atoms with Gasteiger partial charge in [0.05, 0.1) is 6.33 Å². The Labute approximate surface area is 114 Å². The monoisotopic (exact) mass is 283 g/mol. The minimum absolute atomic E-state index is 0.0239. The van der Waals surface area contributed by atoms with Crippen LogP contribution in [0.2, 0.25) is 5.28 Å². The molecular formula is C11H14ClN5O2. The van der Waals surface area contributed by atoms with E-state index in [2.05, 4.69) is 25.3 Å². The minimum atomic E-state index is -0.934. The summed E-state index contributed by atoms with van der Waals surface area (Å²) in [7, 11) is 0. The standard InChI is InChI=1S/C11H14ClN5O2/c1-5(2)3-6(10(18)19)15-9-7-8(14-4-13-7)16-11(12)17-9/h4-6H,3H2,1-2H3,(H,18,19)(H2,13,14,15,16,17)/t6-/m0/s1. The number of aromatic amines is 1. The quantitative estimate of drug-likeness (QED) is 0.724. The van der Waals surface area contributed by atoms with E-state index in [1.165, 1.54) is 6.33 Å². The van der Waals surface area contributed by atoms with Gasteiger partial charge in [0.15, 0.2) is 11.5 Å². The van der Waals surface area contributed by atoms with E-state index in [1.807, 2.05) is 13.8 Å². The van der Waals surface area contributed by atoms with Crippen LogP contribution in [0.15, 0.2) is 6.33 Å². The largest absolute Gasteiger partial charge is 0.480 e. The Morgan fingerprint density at radius 2 is 2.26 bits per heavy atom. The van der Waals surface area contributed by atoms with Crippen LogP contribution < -0.4 is 5.32 Å². The van der Waals surface area contributed by atoms with Gasteiger partial charge in [-0.25, -0.2) is 9.78 Å². The molecule has 0 aliphatic rings. The lowest BCUT2D eigenvalue weighted by Crippen LogP contribution is -2.31. The highest BCUT2D eigenvalue weighted by Crippen LogP contribution is 2.20. The molecule has 0 radical (unpaired) electrons. The van der Waals surface area contributed by atoms with Gasteiger partial charge in [-0.05, 0) is 23.9 Å². The van der Waals surface area contributed by atoms with Crippen LogP contribution in [0.25, 0.3) is 11.2 Å². The Morgan fingerprint density at radius 1 is 1.53 bits per heavy atom. The van der Waals surface area contributed by atoms with E-state index >= 15 is 0 Å². The summed E-state index contributed by atoms with van der Waals surface area (Å²) in [5, 5.41) is 12.1. The van der Waals surface area contributed by atoms with Gasteiger partial charge in [-0.3, -0.25) is 0 Å². The molecule has 19 heavy (non-hydrogen) atoms. The second-order valence-corrected chi connectivity index (χ2v) is 4.95. The van der Waals surface area contributed by atoms with Crippen molar-refractivity contribution >= 4 is 34.6 Å². The number of anilines is 1. The van der Waals surface area contributed by atoms with E-state index in [0.717, 1.165) is 0 Å². The van der Waals surface area contributed by atoms with Gasteiger partial charge < -0.3 is 15.4 Å². The topological polar surface area (TPSA) is 104 Å². The first-order valence-electron chi connectivity index (χ1n) is 5.83. The molecule has 102 valence electrons. The molecule has 0 saturated heterocycles. The average Bonchev–Trinajstić information content (AvgIpc) is 2.75. The number of carboxylic acid groups (broad SMARTS) is 1. The number of nitrogens with one attached hydrogen (secondary N) is 2. The number of aliphatic carboxylic acids is 1. The number of fused-ring (bicyclic) bond motifs is 1. The van der Waals surface area contributed by atoms with Gasteiger partial charge in [0.2, 0.25) is 5.28 Å². The van der Waals surface area contributed by atoms with Gasteiger partial charge in [-0.1, -0.05) is 13.8 Å². The highest BCUT2D eigenvalue weighted by Gasteiger charge is 2.21. The van der Waals surface area contributed by atoms with E-state index in [0.29, 0.717) is 23.4 Å². The van der Waals surface area contributed by atoms with Crippen molar-refractivity contribution in [2.75, 3.05) is 5.32 Å². The molecule has 7 nitrogen and oxygen atoms in total. The number of nitrogens with zero attached hydrogens (tertiary/aromatic N) is 3. The predicted octanol–water partition coefficient (Wildman–Crippen LogP) is 1.92. The molecular weight excluding hydrogens is 270 g/mol. The lowest BCUT2D eigenvalue weighted by Gasteiger charge is -2.17. The van der Waals surface area contributed by atoms with Crippen molar-refractivity contribution in [3.63, 3.8) is 0 Å². The molecule has 8 heteroatoms. The zero-order chi connectivity index (χ0) is 14.0. The van der Waals surface area contributed by atoms with Crippen LogP contribution in [-0.4, -0.2) is 37.1 Å². The molecule has 0 amide bonds. The summed E-state index contributed by atoms with van der Waals surface area (Å²) >= 11 is 5.79. The van der Waals surface area contributed by atoms with Crippen molar-refractivity contribution in [1.82, 2.24) is 19.9 Å². The number of aromatic nitrogens is 4. The summed E-state index contributed by atoms with van der Waals surface area (Å²) in [6.45, 7) is 3.91. The lowest BCUT2D eigenvalue weighted by molar-refractivity contribution is -0.138. The molecule has 0 fully saturated rings. The molecule has 2 rings (SSSR count). The number of hydrogen-bond acceptors (Lipinski definition) is 5. The number of rotatable bonds is 5. The molecule has 3 N–H and O–H groups in total. The molecule has 0 aliphatic carbocycles. The summed E-state index contributed by atoms with van der Waals surface area (Å²) in [5.41, 5.74) is 0.940. The van der Waals surface area contributed by atoms with Crippen molar-refractivity contribution < 1.29 is 9.90 Å². The third-order valence-corrected chi connectivity index (χ3v) is 2.74. The minimum Gasteiger partial charge on any atom is -0.480 e. The van der Waals surface area contributed by atoms with E-state index in [9.17, 15) is 9.90 Å². The zero-order valence-electron chi connectivity index (χ0n) is 10.5. The van der Waals surface area contributed by atoms with E-state index in [-0.39, 0.29) is 11.2 Å². The first-order chi connectivity index (χ1) is 8.97. The van der Waals surface area contributed by atoms with Crippen LogP contribution in [0.5, 0.6) is 0 Å². The molecule has 1 atom stereocenters. The zero-order valence-corrected chi connectivity index (χ0v) is 11.3. The Morgan fingerprint density at radius 3 is 2.89 bits per heavy atom. The predicted molar refractivity (Wildman–Crippen MR) is 71.2 cm³/mol. The SMILES string of the molecule is CC(C)C[C@H](Nc1nc(Cl)nc2nc[nH]c12)C(=O)O. The first-order valence-corrected chi connectivity index (χ1v) is 6.21. The molecule has 0 unspecified atom stereocenters. The number of carboxylic acids is 1. The maximum absolute atomic E-state index is 11.2. The number of H-pyrrole nitrogens is 1. The fourth-order valence-corrected chi connectivity index (χ4v) is 1.93. The first kappa shape index (κ1) is 13.5. The second kappa shape index (κ2) is 5.40. The summed E-state index contributed by atoms with van der Waals surface area (Å²) in [5.74, 6) is -0.347. The summed E-state index contributed by atoms with van der Waals surface area (Å²) in [6, 6.07) is -0.738. The highest BCUT2D eigenvalue weighted by atomic mass is 35.5. The van der Waals surface area contributed by atoms with Gasteiger partial charge in [0.25, 0.3) is 0 Å². The fourth-order valence-electron chi connectivity index (χ4n) is 1.77. The summed E-state index contributed by atoms with van der Waals surface area (Å²) < 4.78 is 0. The van der Waals surface area contributed by atoms with E-state index in [4.69, 9.17) is 11.6 Å². The van der Waals surface area contributed by atoms with Gasteiger partial charge >= 0.3 is 5.97 Å². The van der Waals surface area contributed by atoms with E-state index in [1.54, 1.807) is 0 Å². The van der Waals surface area contributed by atoms with Crippen molar-refractivity contribution in [3.05, 3.63) is 11.6 Å². The third-order valence-electron chi connectivity index (χ3n) is 2.57. The van der Waals surface area contributed by atoms with Crippen molar-refractivity contribution in [2.45, 2.75) is 26.3 Å². The molecule has 0 bridgehead atoms. The van der Waals surface area contributed by atoms with Crippen LogP contribution in [0.1, 0.15) is 20.3 Å². The van der Waals surface area contributed by atoms with Crippen LogP contribution in [-0.2, 0) is 4.79 Å². The Bertz CT molecular complexity index is 598. The summed E-state index contributed by atoms with van der Waals surface area (Å²) in [6.07, 6.45) is 1.94. The van der Waals surface area contributed by atoms with Gasteiger partial charge in [-0.15, -0.1) is 0 Å². The average molecular weight is 284 g/mol. The molecule has 2 aromatic heterocycles. The van der Waals surface area contributed by atoms with Crippen LogP contribution in [0, 0.1) is 5.92 Å². The lowest BCUT2D eigenvalue weighted by atomic mass is 10.0. The number of hydrogen-bond donors (Lipinski definition) is 3. The van der Waals surface area contributed by atoms with Crippen LogP contribution in [0.4, 0.5) is 5.82 Å². The number of carbonyl (C=O) groups is 1. The maximum atomic E-state index is 11.2. The maximum Gasteiger partial charge on any atom is 0.326 e. The normalized spacial score (nSPS) is 12.8. The number of halogens is 1. The smallest absolute Gasteiger partial charge is 0.326 e. The second-order valence-electron chi connectivity index (χ2n) is 4.61. The third kappa shape index (κ3) is 3.11. The molecule has 0 aromatic carbocycles. The van der Waals surface area contributed by atoms with E-state index < -0.39 is 12.0 Å². The Kier molecular flexibility index (Phi) is 3.84. The van der Waals surface area contributed by atoms with Gasteiger partial charge in [0, 0.05) is 0 Å².